The van der Waals surface area contributed by atoms with Crippen molar-refractivity contribution in [1.29, 1.82) is 0 Å². The van der Waals surface area contributed by atoms with Crippen LogP contribution in [0.4, 0.5) is 4.79 Å². The van der Waals surface area contributed by atoms with Gasteiger partial charge in [-0.1, -0.05) is 59.1 Å². The number of amides is 2. The van der Waals surface area contributed by atoms with Crippen LogP contribution in [0.3, 0.4) is 0 Å². The normalized spacial score (nSPS) is 14.7. The van der Waals surface area contributed by atoms with Crippen LogP contribution in [0.25, 0.3) is 6.08 Å². The molecule has 1 fully saturated rings. The molecule has 0 atom stereocenters. The van der Waals surface area contributed by atoms with Crippen LogP contribution in [0.2, 0.25) is 15.1 Å². The van der Waals surface area contributed by atoms with Gasteiger partial charge in [0.1, 0.15) is 6.61 Å². The second kappa shape index (κ2) is 10.7. The average molecular weight is 535 g/mol. The van der Waals surface area contributed by atoms with E-state index >= 15 is 0 Å². The number of hydrogen-bond acceptors (Lipinski definition) is 5. The van der Waals surface area contributed by atoms with Crippen molar-refractivity contribution in [3.63, 3.8) is 0 Å². The molecule has 2 amide bonds. The van der Waals surface area contributed by atoms with Gasteiger partial charge in [-0.25, -0.2) is 0 Å². The molecule has 3 aromatic carbocycles. The summed E-state index contributed by atoms with van der Waals surface area (Å²) in [5.41, 5.74) is 2.38. The Kier molecular flexibility index (Phi) is 7.73. The van der Waals surface area contributed by atoms with E-state index in [-0.39, 0.29) is 17.7 Å². The maximum Gasteiger partial charge on any atom is 0.293 e. The third-order valence-corrected chi connectivity index (χ3v) is 6.89. The highest BCUT2D eigenvalue weighted by molar-refractivity contribution is 8.18. The molecule has 1 saturated heterocycles. The molecule has 0 saturated carbocycles. The number of carbonyl (C=O) groups is 2. The topological polar surface area (TPSA) is 55.8 Å². The maximum atomic E-state index is 12.9. The van der Waals surface area contributed by atoms with Gasteiger partial charge in [-0.3, -0.25) is 14.5 Å². The Labute approximate surface area is 216 Å². The van der Waals surface area contributed by atoms with Gasteiger partial charge in [-0.05, 0) is 70.9 Å². The molecule has 9 heteroatoms. The van der Waals surface area contributed by atoms with Crippen LogP contribution in [-0.2, 0) is 17.9 Å². The summed E-state index contributed by atoms with van der Waals surface area (Å²) in [7, 11) is 1.54. The van der Waals surface area contributed by atoms with Crippen LogP contribution in [0.1, 0.15) is 16.7 Å². The number of hydrogen-bond donors (Lipinski definition) is 0. The van der Waals surface area contributed by atoms with Gasteiger partial charge in [0.25, 0.3) is 11.1 Å². The van der Waals surface area contributed by atoms with Gasteiger partial charge in [-0.2, -0.15) is 0 Å². The molecule has 1 aliphatic rings. The average Bonchev–Trinajstić information content (AvgIpc) is 3.08. The van der Waals surface area contributed by atoms with Crippen molar-refractivity contribution in [1.82, 2.24) is 4.90 Å². The molecule has 1 heterocycles. The van der Waals surface area contributed by atoms with Gasteiger partial charge < -0.3 is 9.47 Å². The van der Waals surface area contributed by atoms with Crippen molar-refractivity contribution in [2.24, 2.45) is 0 Å². The Morgan fingerprint density at radius 1 is 0.882 bits per heavy atom. The van der Waals surface area contributed by atoms with E-state index in [2.05, 4.69) is 0 Å². The van der Waals surface area contributed by atoms with E-state index in [9.17, 15) is 9.59 Å². The van der Waals surface area contributed by atoms with Gasteiger partial charge in [0.15, 0.2) is 11.5 Å². The summed E-state index contributed by atoms with van der Waals surface area (Å²) in [5, 5.41) is 1.09. The minimum atomic E-state index is -0.372. The molecule has 3 aromatic rings. The number of ether oxygens (including phenoxy) is 2. The summed E-state index contributed by atoms with van der Waals surface area (Å²) < 4.78 is 11.3. The molecular weight excluding hydrogens is 517 g/mol. The summed E-state index contributed by atoms with van der Waals surface area (Å²) in [6, 6.07) is 17.7. The highest BCUT2D eigenvalue weighted by atomic mass is 35.5. The highest BCUT2D eigenvalue weighted by Crippen LogP contribution is 2.36. The molecule has 34 heavy (non-hydrogen) atoms. The molecule has 5 nitrogen and oxygen atoms in total. The largest absolute Gasteiger partial charge is 0.493 e. The van der Waals surface area contributed by atoms with Gasteiger partial charge in [0.2, 0.25) is 0 Å². The Hall–Kier alpha value is -2.64. The van der Waals surface area contributed by atoms with Crippen molar-refractivity contribution in [2.75, 3.05) is 7.11 Å². The fraction of sp³-hybridized carbons (Fsp3) is 0.120. The first-order chi connectivity index (χ1) is 16.3. The van der Waals surface area contributed by atoms with E-state index in [1.807, 2.05) is 12.1 Å². The molecule has 0 radical (unpaired) electrons. The second-order valence-corrected chi connectivity index (χ2v) is 9.59. The lowest BCUT2D eigenvalue weighted by molar-refractivity contribution is -0.123. The van der Waals surface area contributed by atoms with Gasteiger partial charge >= 0.3 is 0 Å². The summed E-state index contributed by atoms with van der Waals surface area (Å²) >= 11 is 18.8. The van der Waals surface area contributed by atoms with Crippen LogP contribution in [0, 0.1) is 0 Å². The Morgan fingerprint density at radius 3 is 2.32 bits per heavy atom. The van der Waals surface area contributed by atoms with E-state index in [0.717, 1.165) is 17.3 Å². The number of carbonyl (C=O) groups excluding carboxylic acids is 2. The number of imide groups is 1. The van der Waals surface area contributed by atoms with Crippen LogP contribution in [-0.4, -0.2) is 23.2 Å². The third-order valence-electron chi connectivity index (χ3n) is 4.99. The standard InChI is InChI=1S/C25H18Cl3NO4S/c1-32-22-11-16(5-9-21(22)33-14-15-2-6-18(26)7-3-15)12-23-24(30)29(25(31)34-23)13-17-4-8-19(27)20(28)10-17/h2-12H,13-14H2,1H3/b23-12-. The van der Waals surface area contributed by atoms with Crippen molar-refractivity contribution in [2.45, 2.75) is 13.2 Å². The second-order valence-electron chi connectivity index (χ2n) is 7.34. The van der Waals surface area contributed by atoms with Gasteiger partial charge in [0, 0.05) is 5.02 Å². The van der Waals surface area contributed by atoms with E-state index in [4.69, 9.17) is 44.3 Å². The Balaban J connectivity index is 1.48. The number of halogens is 3. The van der Waals surface area contributed by atoms with Crippen molar-refractivity contribution < 1.29 is 19.1 Å². The SMILES string of the molecule is COc1cc(/C=C2\SC(=O)N(Cc3ccc(Cl)c(Cl)c3)C2=O)ccc1OCc1ccc(Cl)cc1. The fourth-order valence-corrected chi connectivity index (χ4v) is 4.53. The molecule has 0 bridgehead atoms. The van der Waals surface area contributed by atoms with E-state index < -0.39 is 0 Å². The van der Waals surface area contributed by atoms with Crippen molar-refractivity contribution in [3.05, 3.63) is 97.3 Å². The smallest absolute Gasteiger partial charge is 0.293 e. The van der Waals surface area contributed by atoms with Crippen LogP contribution in [0.5, 0.6) is 11.5 Å². The molecule has 174 valence electrons. The summed E-state index contributed by atoms with van der Waals surface area (Å²) in [6.07, 6.45) is 1.66. The molecule has 0 unspecified atom stereocenters. The zero-order valence-corrected chi connectivity index (χ0v) is 21.0. The van der Waals surface area contributed by atoms with E-state index in [1.165, 1.54) is 4.90 Å². The lowest BCUT2D eigenvalue weighted by Gasteiger charge is -2.13. The zero-order chi connectivity index (χ0) is 24.2. The molecule has 0 aromatic heterocycles. The Morgan fingerprint density at radius 2 is 1.62 bits per heavy atom. The first-order valence-electron chi connectivity index (χ1n) is 10.1. The number of methoxy groups -OCH3 is 1. The van der Waals surface area contributed by atoms with Crippen LogP contribution < -0.4 is 9.47 Å². The first-order valence-corrected chi connectivity index (χ1v) is 12.0. The van der Waals surface area contributed by atoms with Crippen LogP contribution >= 0.6 is 46.6 Å². The maximum absolute atomic E-state index is 12.9. The van der Waals surface area contributed by atoms with Gasteiger partial charge in [-0.15, -0.1) is 0 Å². The molecule has 0 N–H and O–H groups in total. The van der Waals surface area contributed by atoms with E-state index in [1.54, 1.807) is 61.7 Å². The Bertz CT molecular complexity index is 1280. The summed E-state index contributed by atoms with van der Waals surface area (Å²) in [4.78, 5) is 26.8. The zero-order valence-electron chi connectivity index (χ0n) is 17.9. The van der Waals surface area contributed by atoms with Crippen molar-refractivity contribution in [3.8, 4) is 11.5 Å². The summed E-state index contributed by atoms with van der Waals surface area (Å²) in [6.45, 7) is 0.459. The molecule has 1 aliphatic heterocycles. The minimum absolute atomic E-state index is 0.111. The predicted molar refractivity (Wildman–Crippen MR) is 137 cm³/mol. The lowest BCUT2D eigenvalue weighted by atomic mass is 10.1. The third kappa shape index (κ3) is 5.70. The quantitative estimate of drug-likeness (QED) is 0.294. The number of rotatable bonds is 7. The monoisotopic (exact) mass is 533 g/mol. The molecular formula is C25H18Cl3NO4S. The lowest BCUT2D eigenvalue weighted by Crippen LogP contribution is -2.27. The van der Waals surface area contributed by atoms with Crippen molar-refractivity contribution >= 4 is 63.8 Å². The highest BCUT2D eigenvalue weighted by Gasteiger charge is 2.35. The van der Waals surface area contributed by atoms with E-state index in [0.29, 0.717) is 49.2 Å². The first kappa shape index (κ1) is 24.5. The summed E-state index contributed by atoms with van der Waals surface area (Å²) in [5.74, 6) is 0.697. The molecule has 4 rings (SSSR count). The number of nitrogens with zero attached hydrogens (tertiary/aromatic N) is 1. The van der Waals surface area contributed by atoms with Gasteiger partial charge in [0.05, 0.1) is 28.6 Å². The number of thioether (sulfide) groups is 1. The number of benzene rings is 3. The molecule has 0 aliphatic carbocycles. The minimum Gasteiger partial charge on any atom is -0.493 e. The van der Waals surface area contributed by atoms with Crippen LogP contribution in [0.15, 0.2) is 65.6 Å². The fourth-order valence-electron chi connectivity index (χ4n) is 3.24. The molecule has 0 spiro atoms. The predicted octanol–water partition coefficient (Wildman–Crippen LogP) is 7.47.